The van der Waals surface area contributed by atoms with E-state index in [2.05, 4.69) is 25.9 Å². The first-order chi connectivity index (χ1) is 13.0. The fourth-order valence-corrected chi connectivity index (χ4v) is 2.24. The number of benzene rings is 1. The van der Waals surface area contributed by atoms with Crippen LogP contribution in [0.4, 0.5) is 16.3 Å². The van der Waals surface area contributed by atoms with Crippen LogP contribution in [0.2, 0.25) is 0 Å². The van der Waals surface area contributed by atoms with Gasteiger partial charge in [0, 0.05) is 49.4 Å². The zero-order chi connectivity index (χ0) is 19.6. The van der Waals surface area contributed by atoms with E-state index in [1.807, 2.05) is 19.0 Å². The molecule has 0 fully saturated rings. The number of likely N-dealkylation sites (N-methyl/N-ethyl adjacent to an activating group) is 1. The van der Waals surface area contributed by atoms with Crippen molar-refractivity contribution in [3.05, 3.63) is 47.9 Å². The Morgan fingerprint density at radius 1 is 1.19 bits per heavy atom. The van der Waals surface area contributed by atoms with Crippen LogP contribution < -0.4 is 16.0 Å². The zero-order valence-electron chi connectivity index (χ0n) is 15.7. The minimum Gasteiger partial charge on any atom is -0.380 e. The van der Waals surface area contributed by atoms with Gasteiger partial charge in [0.25, 0.3) is 5.91 Å². The van der Waals surface area contributed by atoms with Gasteiger partial charge in [-0.05, 0) is 26.2 Å². The van der Waals surface area contributed by atoms with Gasteiger partial charge in [0.15, 0.2) is 5.82 Å². The van der Waals surface area contributed by atoms with Crippen LogP contribution in [0.15, 0.2) is 36.8 Å². The number of nitrogens with one attached hydrogen (secondary N) is 3. The van der Waals surface area contributed by atoms with Crippen LogP contribution in [0.1, 0.15) is 15.9 Å². The van der Waals surface area contributed by atoms with Gasteiger partial charge < -0.3 is 20.3 Å². The maximum atomic E-state index is 12.3. The maximum Gasteiger partial charge on any atom is 0.324 e. The van der Waals surface area contributed by atoms with E-state index in [1.165, 1.54) is 18.6 Å². The number of anilines is 2. The van der Waals surface area contributed by atoms with E-state index in [0.29, 0.717) is 30.2 Å². The lowest BCUT2D eigenvalue weighted by atomic mass is 10.1. The average molecular weight is 372 g/mol. The summed E-state index contributed by atoms with van der Waals surface area (Å²) in [5, 5.41) is 8.16. The van der Waals surface area contributed by atoms with Gasteiger partial charge in [-0.15, -0.1) is 0 Å². The third-order valence-corrected chi connectivity index (χ3v) is 3.57. The highest BCUT2D eigenvalue weighted by Gasteiger charge is 2.12. The predicted octanol–water partition coefficient (Wildman–Crippen LogP) is 1.56. The molecule has 0 atom stereocenters. The third kappa shape index (κ3) is 6.65. The van der Waals surface area contributed by atoms with Crippen molar-refractivity contribution in [1.82, 2.24) is 20.2 Å². The molecule has 0 spiro atoms. The number of rotatable bonds is 8. The number of carbonyl (C=O) groups is 2. The van der Waals surface area contributed by atoms with Gasteiger partial charge in [-0.2, -0.15) is 0 Å². The van der Waals surface area contributed by atoms with Crippen molar-refractivity contribution in [2.45, 2.75) is 6.61 Å². The van der Waals surface area contributed by atoms with Crippen molar-refractivity contribution in [3.63, 3.8) is 0 Å². The number of hydrogen-bond acceptors (Lipinski definition) is 6. The van der Waals surface area contributed by atoms with Crippen molar-refractivity contribution in [2.75, 3.05) is 44.9 Å². The largest absolute Gasteiger partial charge is 0.380 e. The van der Waals surface area contributed by atoms with Gasteiger partial charge in [-0.1, -0.05) is 6.07 Å². The van der Waals surface area contributed by atoms with Gasteiger partial charge in [0.2, 0.25) is 0 Å². The van der Waals surface area contributed by atoms with Crippen LogP contribution in [0.5, 0.6) is 0 Å². The molecule has 27 heavy (non-hydrogen) atoms. The first-order valence-electron chi connectivity index (χ1n) is 8.38. The molecule has 1 aromatic carbocycles. The smallest absolute Gasteiger partial charge is 0.324 e. The molecule has 144 valence electrons. The molecule has 3 amide bonds. The van der Waals surface area contributed by atoms with Gasteiger partial charge in [-0.25, -0.2) is 9.78 Å². The number of urea groups is 1. The number of hydrogen-bond donors (Lipinski definition) is 3. The molecule has 1 aromatic heterocycles. The molecule has 0 aliphatic heterocycles. The molecule has 0 radical (unpaired) electrons. The molecule has 0 saturated carbocycles. The van der Waals surface area contributed by atoms with E-state index in [-0.39, 0.29) is 5.91 Å². The van der Waals surface area contributed by atoms with Crippen molar-refractivity contribution < 1.29 is 14.3 Å². The summed E-state index contributed by atoms with van der Waals surface area (Å²) in [7, 11) is 5.43. The third-order valence-electron chi connectivity index (χ3n) is 3.57. The Morgan fingerprint density at radius 2 is 2.00 bits per heavy atom. The highest BCUT2D eigenvalue weighted by Crippen LogP contribution is 2.19. The summed E-state index contributed by atoms with van der Waals surface area (Å²) < 4.78 is 5.16. The molecular weight excluding hydrogens is 348 g/mol. The summed E-state index contributed by atoms with van der Waals surface area (Å²) in [6.45, 7) is 1.56. The molecule has 1 heterocycles. The maximum absolute atomic E-state index is 12.3. The first kappa shape index (κ1) is 20.3. The van der Waals surface area contributed by atoms with Gasteiger partial charge in [0.05, 0.1) is 12.8 Å². The van der Waals surface area contributed by atoms with E-state index < -0.39 is 6.03 Å². The lowest BCUT2D eigenvalue weighted by Crippen LogP contribution is -2.31. The van der Waals surface area contributed by atoms with Crippen molar-refractivity contribution in [1.29, 1.82) is 0 Å². The van der Waals surface area contributed by atoms with Crippen LogP contribution >= 0.6 is 0 Å². The Bertz CT molecular complexity index is 767. The van der Waals surface area contributed by atoms with Crippen molar-refractivity contribution in [2.24, 2.45) is 0 Å². The SMILES string of the molecule is COCc1ccc(C(=O)NCCN(C)C)cc1NC(=O)Nc1cnccn1. The number of nitrogens with zero attached hydrogens (tertiary/aromatic N) is 3. The molecule has 3 N–H and O–H groups in total. The number of ether oxygens (including phenoxy) is 1. The summed E-state index contributed by atoms with van der Waals surface area (Å²) >= 11 is 0. The van der Waals surface area contributed by atoms with Crippen LogP contribution in [0.3, 0.4) is 0 Å². The Morgan fingerprint density at radius 3 is 2.67 bits per heavy atom. The number of amides is 3. The molecular formula is C18H24N6O3. The van der Waals surface area contributed by atoms with Gasteiger partial charge in [0.1, 0.15) is 0 Å². The van der Waals surface area contributed by atoms with E-state index in [0.717, 1.165) is 12.1 Å². The lowest BCUT2D eigenvalue weighted by Gasteiger charge is -2.14. The fourth-order valence-electron chi connectivity index (χ4n) is 2.24. The second-order valence-corrected chi connectivity index (χ2v) is 6.03. The standard InChI is InChI=1S/C18H24N6O3/c1-24(2)9-8-21-17(25)13-4-5-14(12-27-3)15(10-13)22-18(26)23-16-11-19-6-7-20-16/h4-7,10-11H,8-9,12H2,1-3H3,(H,21,25)(H2,20,22,23,26). The first-order valence-corrected chi connectivity index (χ1v) is 8.38. The second-order valence-electron chi connectivity index (χ2n) is 6.03. The Hall–Kier alpha value is -3.04. The zero-order valence-corrected chi connectivity index (χ0v) is 15.7. The summed E-state index contributed by atoms with van der Waals surface area (Å²) in [5.74, 6) is 0.110. The molecule has 9 nitrogen and oxygen atoms in total. The lowest BCUT2D eigenvalue weighted by molar-refractivity contribution is 0.0951. The summed E-state index contributed by atoms with van der Waals surface area (Å²) in [4.78, 5) is 34.4. The summed E-state index contributed by atoms with van der Waals surface area (Å²) in [6, 6.07) is 4.58. The quantitative estimate of drug-likeness (QED) is 0.649. The van der Waals surface area contributed by atoms with Gasteiger partial charge in [-0.3, -0.25) is 15.1 Å². The van der Waals surface area contributed by atoms with Crippen LogP contribution in [0, 0.1) is 0 Å². The molecule has 9 heteroatoms. The average Bonchev–Trinajstić information content (AvgIpc) is 2.63. The molecule has 0 aliphatic carbocycles. The second kappa shape index (κ2) is 10.2. The van der Waals surface area contributed by atoms with Crippen LogP contribution in [-0.2, 0) is 11.3 Å². The summed E-state index contributed by atoms with van der Waals surface area (Å²) in [5.41, 5.74) is 1.68. The van der Waals surface area contributed by atoms with Crippen LogP contribution in [-0.4, -0.2) is 61.1 Å². The normalized spacial score (nSPS) is 10.5. The van der Waals surface area contributed by atoms with Crippen molar-refractivity contribution >= 4 is 23.4 Å². The molecule has 0 saturated heterocycles. The number of carbonyl (C=O) groups excluding carboxylic acids is 2. The van der Waals surface area contributed by atoms with E-state index in [1.54, 1.807) is 25.3 Å². The molecule has 0 aliphatic rings. The summed E-state index contributed by atoms with van der Waals surface area (Å²) in [6.07, 6.45) is 4.42. The monoisotopic (exact) mass is 372 g/mol. The predicted molar refractivity (Wildman–Crippen MR) is 103 cm³/mol. The Balaban J connectivity index is 2.09. The minimum absolute atomic E-state index is 0.210. The topological polar surface area (TPSA) is 108 Å². The molecule has 2 aromatic rings. The molecule has 0 bridgehead atoms. The van der Waals surface area contributed by atoms with Crippen molar-refractivity contribution in [3.8, 4) is 0 Å². The number of methoxy groups -OCH3 is 1. The fraction of sp³-hybridized carbons (Fsp3) is 0.333. The van der Waals surface area contributed by atoms with E-state index in [4.69, 9.17) is 4.74 Å². The van der Waals surface area contributed by atoms with E-state index >= 15 is 0 Å². The van der Waals surface area contributed by atoms with Crippen LogP contribution in [0.25, 0.3) is 0 Å². The highest BCUT2D eigenvalue weighted by molar-refractivity contribution is 6.01. The minimum atomic E-state index is -0.488. The molecule has 0 unspecified atom stereocenters. The Labute approximate surface area is 158 Å². The highest BCUT2D eigenvalue weighted by atomic mass is 16.5. The number of aromatic nitrogens is 2. The van der Waals surface area contributed by atoms with E-state index in [9.17, 15) is 9.59 Å². The van der Waals surface area contributed by atoms with Gasteiger partial charge >= 0.3 is 6.03 Å². The Kier molecular flexibility index (Phi) is 7.65. The molecule has 2 rings (SSSR count).